The molecule has 0 aliphatic heterocycles. The van der Waals surface area contributed by atoms with Crippen molar-refractivity contribution in [2.75, 3.05) is 7.11 Å². The quantitative estimate of drug-likeness (QED) is 0.451. The largest absolute Gasteiger partial charge is 0.493 e. The van der Waals surface area contributed by atoms with Gasteiger partial charge in [0.15, 0.2) is 11.5 Å². The van der Waals surface area contributed by atoms with Gasteiger partial charge in [0.1, 0.15) is 0 Å². The van der Waals surface area contributed by atoms with Crippen molar-refractivity contribution >= 4 is 22.8 Å². The monoisotopic (exact) mass is 228 g/mol. The summed E-state index contributed by atoms with van der Waals surface area (Å²) in [6, 6.07) is 4.32. The van der Waals surface area contributed by atoms with Crippen LogP contribution in [0.15, 0.2) is 18.2 Å². The molecule has 1 aromatic carbocycles. The number of halogens is 1. The van der Waals surface area contributed by atoms with E-state index >= 15 is 0 Å². The van der Waals surface area contributed by atoms with Gasteiger partial charge in [0.2, 0.25) is 0 Å². The van der Waals surface area contributed by atoms with Crippen LogP contribution in [-0.2, 0) is 4.79 Å². The van der Waals surface area contributed by atoms with Gasteiger partial charge in [-0.25, -0.2) is 0 Å². The molecular weight excluding hydrogens is 220 g/mol. The Balaban J connectivity index is 3.08. The van der Waals surface area contributed by atoms with Gasteiger partial charge in [0.05, 0.1) is 7.11 Å². The van der Waals surface area contributed by atoms with Crippen molar-refractivity contribution in [2.45, 2.75) is 6.92 Å². The maximum atomic E-state index is 10.8. The average Bonchev–Trinajstić information content (AvgIpc) is 2.17. The van der Waals surface area contributed by atoms with Gasteiger partial charge >= 0.3 is 5.97 Å². The first-order valence-electron chi connectivity index (χ1n) is 4.11. The Labute approximate surface area is 91.7 Å². The van der Waals surface area contributed by atoms with Gasteiger partial charge in [-0.05, 0) is 29.8 Å². The van der Waals surface area contributed by atoms with E-state index in [1.54, 1.807) is 0 Å². The fourth-order valence-electron chi connectivity index (χ4n) is 1.03. The fraction of sp³-hybridized carbons (Fsp3) is 0.200. The van der Waals surface area contributed by atoms with E-state index in [0.29, 0.717) is 0 Å². The van der Waals surface area contributed by atoms with Gasteiger partial charge in [0, 0.05) is 12.5 Å². The zero-order chi connectivity index (χ0) is 11.4. The molecule has 0 atom stereocenters. The number of benzene rings is 1. The van der Waals surface area contributed by atoms with Crippen molar-refractivity contribution in [2.24, 2.45) is 0 Å². The van der Waals surface area contributed by atoms with E-state index in [4.69, 9.17) is 21.1 Å². The minimum atomic E-state index is -0.595. The summed E-state index contributed by atoms with van der Waals surface area (Å²) in [5.41, 5.74) is 0.282. The molecule has 0 spiro atoms. The fourth-order valence-corrected chi connectivity index (χ4v) is 1.15. The Morgan fingerprint density at radius 3 is 2.40 bits per heavy atom. The smallest absolute Gasteiger partial charge is 0.308 e. The number of carbonyl (C=O) groups excluding carboxylic acids is 2. The molecule has 0 heterocycles. The van der Waals surface area contributed by atoms with Crippen LogP contribution in [-0.4, -0.2) is 18.3 Å². The molecule has 0 aliphatic rings. The van der Waals surface area contributed by atoms with E-state index in [0.717, 1.165) is 0 Å². The van der Waals surface area contributed by atoms with Crippen LogP contribution < -0.4 is 9.47 Å². The third-order valence-electron chi connectivity index (χ3n) is 1.64. The van der Waals surface area contributed by atoms with Crippen molar-refractivity contribution in [3.8, 4) is 11.5 Å². The van der Waals surface area contributed by atoms with Crippen molar-refractivity contribution in [1.82, 2.24) is 0 Å². The lowest BCUT2D eigenvalue weighted by Gasteiger charge is -2.08. The van der Waals surface area contributed by atoms with Gasteiger partial charge in [0.25, 0.3) is 5.24 Å². The highest BCUT2D eigenvalue weighted by Gasteiger charge is 2.10. The molecule has 0 radical (unpaired) electrons. The van der Waals surface area contributed by atoms with Gasteiger partial charge in [-0.2, -0.15) is 0 Å². The number of rotatable bonds is 3. The van der Waals surface area contributed by atoms with E-state index in [1.807, 2.05) is 0 Å². The minimum absolute atomic E-state index is 0.256. The van der Waals surface area contributed by atoms with Crippen molar-refractivity contribution in [3.63, 3.8) is 0 Å². The molecule has 0 saturated heterocycles. The van der Waals surface area contributed by atoms with Gasteiger partial charge in [-0.15, -0.1) is 0 Å². The second-order valence-corrected chi connectivity index (χ2v) is 3.08. The van der Waals surface area contributed by atoms with Crippen molar-refractivity contribution in [1.29, 1.82) is 0 Å². The molecule has 0 saturated carbocycles. The lowest BCUT2D eigenvalue weighted by atomic mass is 10.2. The number of hydrogen-bond donors (Lipinski definition) is 0. The molecule has 0 bridgehead atoms. The van der Waals surface area contributed by atoms with Crippen LogP contribution in [0, 0.1) is 0 Å². The number of esters is 1. The second-order valence-electron chi connectivity index (χ2n) is 2.73. The van der Waals surface area contributed by atoms with E-state index in [1.165, 1.54) is 32.2 Å². The third-order valence-corrected chi connectivity index (χ3v) is 1.86. The number of hydrogen-bond acceptors (Lipinski definition) is 4. The highest BCUT2D eigenvalue weighted by Crippen LogP contribution is 2.28. The van der Waals surface area contributed by atoms with Crippen LogP contribution in [0.5, 0.6) is 11.5 Å². The predicted molar refractivity (Wildman–Crippen MR) is 54.5 cm³/mol. The summed E-state index contributed by atoms with van der Waals surface area (Å²) in [6.07, 6.45) is 0. The van der Waals surface area contributed by atoms with Crippen LogP contribution in [0.1, 0.15) is 17.3 Å². The molecule has 0 N–H and O–H groups in total. The average molecular weight is 229 g/mol. The van der Waals surface area contributed by atoms with E-state index < -0.39 is 11.2 Å². The van der Waals surface area contributed by atoms with Crippen LogP contribution >= 0.6 is 11.6 Å². The number of methoxy groups -OCH3 is 1. The standard InChI is InChI=1S/C10H9ClO4/c1-6(12)15-8-4-3-7(10(11)13)5-9(8)14-2/h3-5H,1-2H3. The van der Waals surface area contributed by atoms with Crippen molar-refractivity contribution < 1.29 is 19.1 Å². The lowest BCUT2D eigenvalue weighted by molar-refractivity contribution is -0.132. The first-order valence-corrected chi connectivity index (χ1v) is 4.48. The molecule has 1 rings (SSSR count). The molecule has 4 nitrogen and oxygen atoms in total. The van der Waals surface area contributed by atoms with E-state index in [-0.39, 0.29) is 17.1 Å². The van der Waals surface area contributed by atoms with Crippen LogP contribution in [0.25, 0.3) is 0 Å². The molecule has 0 aliphatic carbocycles. The molecule has 5 heteroatoms. The molecule has 15 heavy (non-hydrogen) atoms. The highest BCUT2D eigenvalue weighted by molar-refractivity contribution is 6.67. The Bertz CT molecular complexity index is 400. The van der Waals surface area contributed by atoms with E-state index in [2.05, 4.69) is 0 Å². The lowest BCUT2D eigenvalue weighted by Crippen LogP contribution is -2.03. The predicted octanol–water partition coefficient (Wildman–Crippen LogP) is 2.00. The first kappa shape index (κ1) is 11.5. The van der Waals surface area contributed by atoms with Crippen LogP contribution in [0.2, 0.25) is 0 Å². The Hall–Kier alpha value is -1.55. The van der Waals surface area contributed by atoms with E-state index in [9.17, 15) is 9.59 Å². The maximum Gasteiger partial charge on any atom is 0.308 e. The molecule has 1 aromatic rings. The summed E-state index contributed by atoms with van der Waals surface area (Å²) in [7, 11) is 1.41. The molecule has 0 aromatic heterocycles. The molecular formula is C10H9ClO4. The molecule has 0 fully saturated rings. The third kappa shape index (κ3) is 2.95. The Morgan fingerprint density at radius 1 is 1.27 bits per heavy atom. The summed E-state index contributed by atoms with van der Waals surface area (Å²) in [6.45, 7) is 1.28. The van der Waals surface area contributed by atoms with Crippen LogP contribution in [0.3, 0.4) is 0 Å². The minimum Gasteiger partial charge on any atom is -0.493 e. The first-order chi connectivity index (χ1) is 7.04. The maximum absolute atomic E-state index is 10.8. The second kappa shape index (κ2) is 4.79. The summed E-state index contributed by atoms with van der Waals surface area (Å²) in [5, 5.41) is -0.595. The molecule has 0 amide bonds. The Morgan fingerprint density at radius 2 is 1.93 bits per heavy atom. The summed E-state index contributed by atoms with van der Waals surface area (Å²) >= 11 is 5.29. The summed E-state index contributed by atoms with van der Waals surface area (Å²) < 4.78 is 9.80. The highest BCUT2D eigenvalue weighted by atomic mass is 35.5. The van der Waals surface area contributed by atoms with Crippen LogP contribution in [0.4, 0.5) is 0 Å². The Kier molecular flexibility index (Phi) is 3.68. The summed E-state index contributed by atoms with van der Waals surface area (Å²) in [4.78, 5) is 21.6. The van der Waals surface area contributed by atoms with Gasteiger partial charge in [-0.1, -0.05) is 0 Å². The zero-order valence-corrected chi connectivity index (χ0v) is 9.00. The van der Waals surface area contributed by atoms with Gasteiger partial charge in [-0.3, -0.25) is 9.59 Å². The van der Waals surface area contributed by atoms with Crippen molar-refractivity contribution in [3.05, 3.63) is 23.8 Å². The molecule has 80 valence electrons. The topological polar surface area (TPSA) is 52.6 Å². The van der Waals surface area contributed by atoms with Gasteiger partial charge < -0.3 is 9.47 Å². The number of carbonyl (C=O) groups is 2. The normalized spacial score (nSPS) is 9.53. The zero-order valence-electron chi connectivity index (χ0n) is 8.24. The number of ether oxygens (including phenoxy) is 2. The summed E-state index contributed by atoms with van der Waals surface area (Å²) in [5.74, 6) is 0.0848. The SMILES string of the molecule is COc1cc(C(=O)Cl)ccc1OC(C)=O. The molecule has 0 unspecified atom stereocenters.